The number of rotatable bonds is 5. The van der Waals surface area contributed by atoms with Gasteiger partial charge < -0.3 is 10.3 Å². The highest BCUT2D eigenvalue weighted by Gasteiger charge is 2.02. The van der Waals surface area contributed by atoms with Crippen LogP contribution in [-0.2, 0) is 13.0 Å². The number of thiophene rings is 1. The summed E-state index contributed by atoms with van der Waals surface area (Å²) in [5.74, 6) is 0. The molecule has 0 aliphatic carbocycles. The quantitative estimate of drug-likeness (QED) is 0.690. The number of pyridine rings is 1. The molecule has 3 aromatic rings. The summed E-state index contributed by atoms with van der Waals surface area (Å²) < 4.78 is 0. The Hall–Kier alpha value is -1.65. The van der Waals surface area contributed by atoms with Crippen molar-refractivity contribution in [1.29, 1.82) is 0 Å². The van der Waals surface area contributed by atoms with Crippen molar-refractivity contribution >= 4 is 22.4 Å². The van der Waals surface area contributed by atoms with Crippen LogP contribution in [0.15, 0.2) is 42.0 Å². The zero-order valence-electron chi connectivity index (χ0n) is 10.0. The van der Waals surface area contributed by atoms with Crippen LogP contribution in [-0.4, -0.2) is 16.5 Å². The summed E-state index contributed by atoms with van der Waals surface area (Å²) in [6, 6.07) is 8.37. The molecule has 0 amide bonds. The van der Waals surface area contributed by atoms with Crippen LogP contribution in [0.2, 0.25) is 0 Å². The zero-order chi connectivity index (χ0) is 12.2. The summed E-state index contributed by atoms with van der Waals surface area (Å²) in [6.45, 7) is 1.89. The molecule has 0 spiro atoms. The van der Waals surface area contributed by atoms with E-state index in [1.54, 1.807) is 0 Å². The van der Waals surface area contributed by atoms with Crippen LogP contribution in [0.4, 0.5) is 0 Å². The molecule has 0 saturated carbocycles. The predicted octanol–water partition coefficient (Wildman–Crippen LogP) is 2.96. The third-order valence-corrected chi connectivity index (χ3v) is 3.92. The monoisotopic (exact) mass is 257 g/mol. The molecule has 0 saturated heterocycles. The minimum atomic E-state index is 0.886. The standard InChI is InChI=1S/C14H15N3S/c1-4-13-11(10-17-14(13)16-6-1)9-15-7-5-12-3-2-8-18-12/h1-4,6,8,10,15H,5,7,9H2,(H,16,17). The molecule has 0 aliphatic heterocycles. The summed E-state index contributed by atoms with van der Waals surface area (Å²) >= 11 is 1.82. The van der Waals surface area contributed by atoms with Crippen LogP contribution in [0.5, 0.6) is 0 Å². The van der Waals surface area contributed by atoms with Gasteiger partial charge in [0.05, 0.1) is 0 Å². The second-order valence-corrected chi connectivity index (χ2v) is 5.25. The van der Waals surface area contributed by atoms with E-state index in [0.29, 0.717) is 0 Å². The molecule has 2 N–H and O–H groups in total. The molecule has 0 bridgehead atoms. The smallest absolute Gasteiger partial charge is 0.137 e. The van der Waals surface area contributed by atoms with Gasteiger partial charge in [0.2, 0.25) is 0 Å². The Morgan fingerprint density at radius 2 is 2.28 bits per heavy atom. The van der Waals surface area contributed by atoms with E-state index in [0.717, 1.165) is 25.2 Å². The number of H-pyrrole nitrogens is 1. The number of aromatic amines is 1. The van der Waals surface area contributed by atoms with Crippen molar-refractivity contribution in [2.75, 3.05) is 6.54 Å². The van der Waals surface area contributed by atoms with E-state index in [9.17, 15) is 0 Å². The van der Waals surface area contributed by atoms with Crippen molar-refractivity contribution in [3.63, 3.8) is 0 Å². The minimum Gasteiger partial charge on any atom is -0.346 e. The largest absolute Gasteiger partial charge is 0.346 e. The first kappa shape index (κ1) is 11.4. The molecule has 4 heteroatoms. The fourth-order valence-electron chi connectivity index (χ4n) is 2.05. The fourth-order valence-corrected chi connectivity index (χ4v) is 2.76. The molecule has 3 heterocycles. The molecule has 0 aromatic carbocycles. The molecule has 0 radical (unpaired) electrons. The molecule has 0 atom stereocenters. The Labute approximate surface area is 110 Å². The first-order valence-electron chi connectivity index (χ1n) is 6.07. The highest BCUT2D eigenvalue weighted by Crippen LogP contribution is 2.15. The lowest BCUT2D eigenvalue weighted by molar-refractivity contribution is 0.693. The second-order valence-electron chi connectivity index (χ2n) is 4.22. The van der Waals surface area contributed by atoms with E-state index in [1.807, 2.05) is 29.8 Å². The molecular weight excluding hydrogens is 242 g/mol. The van der Waals surface area contributed by atoms with E-state index in [4.69, 9.17) is 0 Å². The number of hydrogen-bond donors (Lipinski definition) is 2. The Morgan fingerprint density at radius 3 is 3.17 bits per heavy atom. The van der Waals surface area contributed by atoms with Gasteiger partial charge in [0.15, 0.2) is 0 Å². The maximum Gasteiger partial charge on any atom is 0.137 e. The van der Waals surface area contributed by atoms with Gasteiger partial charge >= 0.3 is 0 Å². The van der Waals surface area contributed by atoms with Gasteiger partial charge in [0.1, 0.15) is 5.65 Å². The maximum atomic E-state index is 4.29. The van der Waals surface area contributed by atoms with Gasteiger partial charge in [-0.2, -0.15) is 0 Å². The second kappa shape index (κ2) is 5.33. The molecule has 3 aromatic heterocycles. The Bertz CT molecular complexity index is 613. The first-order valence-corrected chi connectivity index (χ1v) is 6.95. The van der Waals surface area contributed by atoms with Crippen LogP contribution < -0.4 is 5.32 Å². The van der Waals surface area contributed by atoms with Crippen LogP contribution in [0, 0.1) is 0 Å². The summed E-state index contributed by atoms with van der Waals surface area (Å²) in [5.41, 5.74) is 2.25. The molecule has 92 valence electrons. The molecule has 0 fully saturated rings. The van der Waals surface area contributed by atoms with Crippen molar-refractivity contribution in [2.24, 2.45) is 0 Å². The Kier molecular flexibility index (Phi) is 3.39. The summed E-state index contributed by atoms with van der Waals surface area (Å²) in [6.07, 6.45) is 4.95. The topological polar surface area (TPSA) is 40.7 Å². The van der Waals surface area contributed by atoms with Gasteiger partial charge in [-0.15, -0.1) is 11.3 Å². The maximum absolute atomic E-state index is 4.29. The lowest BCUT2D eigenvalue weighted by Gasteiger charge is -2.02. The van der Waals surface area contributed by atoms with Crippen molar-refractivity contribution in [1.82, 2.24) is 15.3 Å². The zero-order valence-corrected chi connectivity index (χ0v) is 10.8. The summed E-state index contributed by atoms with van der Waals surface area (Å²) in [7, 11) is 0. The third-order valence-electron chi connectivity index (χ3n) is 2.98. The Morgan fingerprint density at radius 1 is 1.28 bits per heavy atom. The van der Waals surface area contributed by atoms with E-state index in [1.165, 1.54) is 15.8 Å². The molecule has 18 heavy (non-hydrogen) atoms. The first-order chi connectivity index (χ1) is 8.93. The highest BCUT2D eigenvalue weighted by molar-refractivity contribution is 7.09. The summed E-state index contributed by atoms with van der Waals surface area (Å²) in [4.78, 5) is 8.92. The van der Waals surface area contributed by atoms with Gasteiger partial charge in [-0.05, 0) is 35.6 Å². The van der Waals surface area contributed by atoms with Gasteiger partial charge in [0.25, 0.3) is 0 Å². The van der Waals surface area contributed by atoms with E-state index < -0.39 is 0 Å². The van der Waals surface area contributed by atoms with Crippen molar-refractivity contribution in [2.45, 2.75) is 13.0 Å². The van der Waals surface area contributed by atoms with Crippen LogP contribution in [0.1, 0.15) is 10.4 Å². The van der Waals surface area contributed by atoms with Gasteiger partial charge in [0, 0.05) is 35.7 Å². The molecule has 0 unspecified atom stereocenters. The third kappa shape index (κ3) is 2.44. The van der Waals surface area contributed by atoms with Crippen LogP contribution in [0.25, 0.3) is 11.0 Å². The van der Waals surface area contributed by atoms with Gasteiger partial charge in [-0.3, -0.25) is 0 Å². The van der Waals surface area contributed by atoms with Gasteiger partial charge in [-0.1, -0.05) is 6.07 Å². The summed E-state index contributed by atoms with van der Waals surface area (Å²) in [5, 5.41) is 6.81. The lowest BCUT2D eigenvalue weighted by Crippen LogP contribution is -2.16. The van der Waals surface area contributed by atoms with E-state index >= 15 is 0 Å². The SMILES string of the molecule is c1csc(CCNCc2c[nH]c3ncccc23)c1. The molecular formula is C14H15N3S. The number of nitrogens with zero attached hydrogens (tertiary/aromatic N) is 1. The fraction of sp³-hybridized carbons (Fsp3) is 0.214. The van der Waals surface area contributed by atoms with Crippen molar-refractivity contribution in [3.05, 3.63) is 52.5 Å². The Balaban J connectivity index is 1.57. The number of fused-ring (bicyclic) bond motifs is 1. The van der Waals surface area contributed by atoms with Crippen molar-refractivity contribution < 1.29 is 0 Å². The number of nitrogens with one attached hydrogen (secondary N) is 2. The average Bonchev–Trinajstić information content (AvgIpc) is 3.04. The molecule has 0 aliphatic rings. The predicted molar refractivity (Wildman–Crippen MR) is 75.8 cm³/mol. The van der Waals surface area contributed by atoms with E-state index in [2.05, 4.69) is 38.9 Å². The molecule has 3 nitrogen and oxygen atoms in total. The highest BCUT2D eigenvalue weighted by atomic mass is 32.1. The van der Waals surface area contributed by atoms with Crippen LogP contribution >= 0.6 is 11.3 Å². The lowest BCUT2D eigenvalue weighted by atomic mass is 10.2. The van der Waals surface area contributed by atoms with Gasteiger partial charge in [-0.25, -0.2) is 4.98 Å². The number of hydrogen-bond acceptors (Lipinski definition) is 3. The minimum absolute atomic E-state index is 0.886. The average molecular weight is 257 g/mol. The molecule has 3 rings (SSSR count). The normalized spacial score (nSPS) is 11.1. The van der Waals surface area contributed by atoms with Crippen molar-refractivity contribution in [3.8, 4) is 0 Å². The number of aromatic nitrogens is 2. The van der Waals surface area contributed by atoms with E-state index in [-0.39, 0.29) is 0 Å². The van der Waals surface area contributed by atoms with Crippen LogP contribution in [0.3, 0.4) is 0 Å².